The lowest BCUT2D eigenvalue weighted by molar-refractivity contribution is -0.132. The van der Waals surface area contributed by atoms with Gasteiger partial charge < -0.3 is 39.4 Å². The van der Waals surface area contributed by atoms with Gasteiger partial charge in [-0.1, -0.05) is 12.1 Å². The van der Waals surface area contributed by atoms with Gasteiger partial charge in [-0.05, 0) is 73.5 Å². The van der Waals surface area contributed by atoms with Crippen LogP contribution in [0.3, 0.4) is 0 Å². The number of hydrogen-bond acceptors (Lipinski definition) is 11. The number of imidazole rings is 2. The van der Waals surface area contributed by atoms with Crippen LogP contribution in [0.2, 0.25) is 0 Å². The number of benzene rings is 4. The molecule has 4 aromatic heterocycles. The van der Waals surface area contributed by atoms with Crippen molar-refractivity contribution in [3.05, 3.63) is 144 Å². The molecule has 0 unspecified atom stereocenters. The number of esters is 1. The SMILES string of the molecule is COC(=O)c1ccc(-c2cnc3c(NCCC(F)(F)F)cc(Oc4ccc(OC)c(F)c4)cn23)cc1C.COc1ccc(Oc2cc(NCCC(F)(F)F)c3ncc(-c4ccc(C(=O)O)c(C)c4)n3c2)cc1F. The molecule has 4 aromatic carbocycles. The van der Waals surface area contributed by atoms with Gasteiger partial charge in [0.15, 0.2) is 34.4 Å². The summed E-state index contributed by atoms with van der Waals surface area (Å²) >= 11 is 0. The Hall–Kier alpha value is -8.56. The van der Waals surface area contributed by atoms with E-state index in [9.17, 15) is 49.8 Å². The number of nitrogens with one attached hydrogen (secondary N) is 2. The van der Waals surface area contributed by atoms with Crippen molar-refractivity contribution in [3.63, 3.8) is 0 Å². The molecule has 0 spiro atoms. The normalized spacial score (nSPS) is 11.5. The number of carboxylic acids is 1. The van der Waals surface area contributed by atoms with Crippen LogP contribution in [0.5, 0.6) is 34.5 Å². The van der Waals surface area contributed by atoms with Crippen LogP contribution in [-0.2, 0) is 4.74 Å². The van der Waals surface area contributed by atoms with Crippen molar-refractivity contribution in [2.45, 2.75) is 39.0 Å². The first kappa shape index (κ1) is 52.3. The number of aromatic nitrogens is 4. The van der Waals surface area contributed by atoms with E-state index in [1.165, 1.54) is 70.0 Å². The molecule has 0 amide bonds. The summed E-state index contributed by atoms with van der Waals surface area (Å²) < 4.78 is 134. The molecule has 382 valence electrons. The first-order valence-corrected chi connectivity index (χ1v) is 21.8. The zero-order chi connectivity index (χ0) is 52.8. The van der Waals surface area contributed by atoms with Gasteiger partial charge in [0, 0.05) is 48.5 Å². The van der Waals surface area contributed by atoms with E-state index in [0.29, 0.717) is 56.2 Å². The summed E-state index contributed by atoms with van der Waals surface area (Å²) in [6, 6.07) is 20.9. The maximum atomic E-state index is 14.2. The summed E-state index contributed by atoms with van der Waals surface area (Å²) in [5, 5.41) is 14.8. The van der Waals surface area contributed by atoms with Crippen molar-refractivity contribution >= 4 is 34.6 Å². The lowest BCUT2D eigenvalue weighted by atomic mass is 10.0. The van der Waals surface area contributed by atoms with Crippen LogP contribution in [0.1, 0.15) is 44.7 Å². The number of carbonyl (C=O) groups is 2. The zero-order valence-corrected chi connectivity index (χ0v) is 39.3. The van der Waals surface area contributed by atoms with Crippen LogP contribution < -0.4 is 29.6 Å². The number of nitrogens with zero attached hydrogens (tertiary/aromatic N) is 4. The van der Waals surface area contributed by atoms with E-state index in [1.54, 1.807) is 71.6 Å². The van der Waals surface area contributed by atoms with E-state index >= 15 is 0 Å². The number of anilines is 2. The topological polar surface area (TPSA) is 159 Å². The monoisotopic (exact) mass is 1020 g/mol. The molecule has 0 aliphatic heterocycles. The first-order valence-electron chi connectivity index (χ1n) is 21.8. The van der Waals surface area contributed by atoms with E-state index < -0.39 is 55.3 Å². The Morgan fingerprint density at radius 2 is 1.01 bits per heavy atom. The number of halogens is 8. The highest BCUT2D eigenvalue weighted by Crippen LogP contribution is 2.36. The molecule has 0 radical (unpaired) electrons. The fraction of sp³-hybridized carbons (Fsp3) is 0.216. The quantitative estimate of drug-likeness (QED) is 0.0622. The maximum absolute atomic E-state index is 14.2. The molecule has 0 fully saturated rings. The standard InChI is InChI=1S/C26H23F4N3O4.C25H21F4N3O4/c1-15-10-16(4-6-19(15)25(34)36-3)22-13-32-24-21(31-9-8-26(28,29)30)12-18(14-33(22)24)37-17-5-7-23(35-2)20(27)11-17;1-14-9-15(3-5-18(14)24(33)34)21-12-31-23-20(30-8-7-25(27,28)29)11-17(13-32(21)23)36-16-4-6-22(35-2)19(26)10-16/h4-7,10-14,31H,8-9H2,1-3H3;3-6,9-13,30H,7-8H2,1-2H3,(H,33,34). The Balaban J connectivity index is 0.000000214. The minimum absolute atomic E-state index is 0.0318. The van der Waals surface area contributed by atoms with Gasteiger partial charge in [0.1, 0.15) is 23.0 Å². The minimum atomic E-state index is -4.35. The lowest BCUT2D eigenvalue weighted by Gasteiger charge is -2.14. The number of rotatable bonds is 16. The first-order chi connectivity index (χ1) is 34.6. The van der Waals surface area contributed by atoms with E-state index in [-0.39, 0.29) is 52.3 Å². The molecule has 0 aliphatic rings. The average Bonchev–Trinajstić information content (AvgIpc) is 3.96. The van der Waals surface area contributed by atoms with Gasteiger partial charge in [0.05, 0.1) is 92.8 Å². The molecule has 0 atom stereocenters. The van der Waals surface area contributed by atoms with Crippen LogP contribution in [0.4, 0.5) is 46.5 Å². The predicted octanol–water partition coefficient (Wildman–Crippen LogP) is 12.7. The molecule has 0 saturated heterocycles. The van der Waals surface area contributed by atoms with Crippen LogP contribution in [0, 0.1) is 25.5 Å². The van der Waals surface area contributed by atoms with Crippen molar-refractivity contribution < 1.29 is 73.5 Å². The number of hydrogen-bond donors (Lipinski definition) is 3. The number of aryl methyl sites for hydroxylation is 2. The third kappa shape index (κ3) is 12.7. The number of aromatic carboxylic acids is 1. The summed E-state index contributed by atoms with van der Waals surface area (Å²) in [5.74, 6) is -1.98. The molecular weight excluding hydrogens is 977 g/mol. The van der Waals surface area contributed by atoms with Gasteiger partial charge >= 0.3 is 24.3 Å². The molecule has 22 heteroatoms. The highest BCUT2D eigenvalue weighted by atomic mass is 19.4. The Labute approximate surface area is 410 Å². The lowest BCUT2D eigenvalue weighted by Crippen LogP contribution is -2.15. The van der Waals surface area contributed by atoms with E-state index in [4.69, 9.17) is 23.7 Å². The number of methoxy groups -OCH3 is 3. The van der Waals surface area contributed by atoms with Gasteiger partial charge in [0.2, 0.25) is 0 Å². The van der Waals surface area contributed by atoms with Crippen LogP contribution in [0.15, 0.2) is 110 Å². The van der Waals surface area contributed by atoms with E-state index in [0.717, 1.165) is 12.1 Å². The Kier molecular flexibility index (Phi) is 15.6. The zero-order valence-electron chi connectivity index (χ0n) is 39.3. The molecule has 0 aliphatic carbocycles. The largest absolute Gasteiger partial charge is 0.494 e. The molecule has 14 nitrogen and oxygen atoms in total. The van der Waals surface area contributed by atoms with Gasteiger partial charge in [-0.15, -0.1) is 0 Å². The smallest absolute Gasteiger partial charge is 0.390 e. The molecular formula is C51H44F8N6O8. The summed E-state index contributed by atoms with van der Waals surface area (Å²) in [4.78, 5) is 32.1. The van der Waals surface area contributed by atoms with Crippen molar-refractivity contribution in [1.29, 1.82) is 0 Å². The molecule has 73 heavy (non-hydrogen) atoms. The fourth-order valence-corrected chi connectivity index (χ4v) is 7.52. The van der Waals surface area contributed by atoms with E-state index in [2.05, 4.69) is 20.6 Å². The number of fused-ring (bicyclic) bond motifs is 2. The number of alkyl halides is 6. The van der Waals surface area contributed by atoms with Crippen LogP contribution >= 0.6 is 0 Å². The van der Waals surface area contributed by atoms with Gasteiger partial charge in [-0.3, -0.25) is 8.80 Å². The summed E-state index contributed by atoms with van der Waals surface area (Å²) in [7, 11) is 3.96. The van der Waals surface area contributed by atoms with Gasteiger partial charge in [-0.25, -0.2) is 28.3 Å². The van der Waals surface area contributed by atoms with Gasteiger partial charge in [-0.2, -0.15) is 26.3 Å². The molecule has 8 rings (SSSR count). The molecule has 0 bridgehead atoms. The number of pyridine rings is 2. The molecule has 4 heterocycles. The van der Waals surface area contributed by atoms with Crippen LogP contribution in [0.25, 0.3) is 33.8 Å². The summed E-state index contributed by atoms with van der Waals surface area (Å²) in [6.45, 7) is 2.65. The van der Waals surface area contributed by atoms with Crippen LogP contribution in [-0.4, -0.2) is 82.6 Å². The Bertz CT molecular complexity index is 3320. The predicted molar refractivity (Wildman–Crippen MR) is 253 cm³/mol. The average molecular weight is 1020 g/mol. The number of carbonyl (C=O) groups excluding carboxylic acids is 1. The molecule has 8 aromatic rings. The number of carboxylic acid groups (broad SMARTS) is 1. The molecule has 0 saturated carbocycles. The second-order valence-corrected chi connectivity index (χ2v) is 16.1. The maximum Gasteiger partial charge on any atom is 0.390 e. The van der Waals surface area contributed by atoms with E-state index in [1.807, 2.05) is 0 Å². The third-order valence-electron chi connectivity index (χ3n) is 11.0. The Morgan fingerprint density at radius 1 is 0.589 bits per heavy atom. The van der Waals surface area contributed by atoms with Crippen molar-refractivity contribution in [2.75, 3.05) is 45.1 Å². The van der Waals surface area contributed by atoms with Crippen molar-refractivity contribution in [1.82, 2.24) is 18.8 Å². The van der Waals surface area contributed by atoms with Gasteiger partial charge in [0.25, 0.3) is 0 Å². The second kappa shape index (κ2) is 21.8. The molecule has 3 N–H and O–H groups in total. The van der Waals surface area contributed by atoms with Crippen molar-refractivity contribution in [2.24, 2.45) is 0 Å². The number of ether oxygens (including phenoxy) is 5. The van der Waals surface area contributed by atoms with Crippen molar-refractivity contribution in [3.8, 4) is 57.0 Å². The highest BCUT2D eigenvalue weighted by molar-refractivity contribution is 5.92. The Morgan fingerprint density at radius 3 is 1.37 bits per heavy atom. The highest BCUT2D eigenvalue weighted by Gasteiger charge is 2.28. The summed E-state index contributed by atoms with van der Waals surface area (Å²) in [5.41, 5.74) is 5.50. The summed E-state index contributed by atoms with van der Waals surface area (Å²) in [6.07, 6.45) is -4.54. The minimum Gasteiger partial charge on any atom is -0.494 e. The second-order valence-electron chi connectivity index (χ2n) is 16.1. The fourth-order valence-electron chi connectivity index (χ4n) is 7.52. The third-order valence-corrected chi connectivity index (χ3v) is 11.0.